The number of rotatable bonds is 4. The highest BCUT2D eigenvalue weighted by Crippen LogP contribution is 2.32. The highest BCUT2D eigenvalue weighted by molar-refractivity contribution is 6.29. The molecule has 2 rings (SSSR count). The van der Waals surface area contributed by atoms with Crippen molar-refractivity contribution in [2.45, 2.75) is 44.6 Å². The van der Waals surface area contributed by atoms with E-state index in [0.29, 0.717) is 5.15 Å². The molecule has 0 bridgehead atoms. The first-order valence-electron chi connectivity index (χ1n) is 6.10. The Kier molecular flexibility index (Phi) is 3.84. The molecule has 1 aliphatic rings. The third-order valence-electron chi connectivity index (χ3n) is 3.31. The van der Waals surface area contributed by atoms with Crippen LogP contribution in [-0.4, -0.2) is 27.2 Å². The Morgan fingerprint density at radius 2 is 2.12 bits per heavy atom. The number of hydrogen-bond donors (Lipinski definition) is 2. The molecule has 0 unspecified atom stereocenters. The molecule has 1 fully saturated rings. The summed E-state index contributed by atoms with van der Waals surface area (Å²) in [5.41, 5.74) is -0.220. The van der Waals surface area contributed by atoms with E-state index in [9.17, 15) is 5.11 Å². The second-order valence-electron chi connectivity index (χ2n) is 4.62. The number of aryl methyl sites for hydroxylation is 1. The molecule has 0 radical (unpaired) electrons. The topological polar surface area (TPSA) is 58.0 Å². The van der Waals surface area contributed by atoms with Crippen LogP contribution >= 0.6 is 11.6 Å². The minimum atomic E-state index is -0.220. The van der Waals surface area contributed by atoms with Crippen LogP contribution in [0, 0.1) is 0 Å². The van der Waals surface area contributed by atoms with Crippen LogP contribution in [-0.2, 0) is 6.42 Å². The van der Waals surface area contributed by atoms with E-state index in [4.69, 9.17) is 11.6 Å². The van der Waals surface area contributed by atoms with E-state index in [2.05, 4.69) is 15.3 Å². The third-order valence-corrected chi connectivity index (χ3v) is 3.51. The standard InChI is InChI=1S/C12H18ClN3O/c1-2-10-14-9(13)7-11(15-10)16-12(8-17)5-3-4-6-12/h7,17H,2-6,8H2,1H3,(H,14,15,16). The van der Waals surface area contributed by atoms with Crippen molar-refractivity contribution in [1.29, 1.82) is 0 Å². The van der Waals surface area contributed by atoms with Gasteiger partial charge in [0, 0.05) is 12.5 Å². The fraction of sp³-hybridized carbons (Fsp3) is 0.667. The number of halogens is 1. The predicted molar refractivity (Wildman–Crippen MR) is 68.3 cm³/mol. The van der Waals surface area contributed by atoms with E-state index in [1.807, 2.05) is 6.92 Å². The second-order valence-corrected chi connectivity index (χ2v) is 5.00. The molecule has 1 aromatic rings. The molecule has 0 saturated heterocycles. The van der Waals surface area contributed by atoms with E-state index in [1.54, 1.807) is 6.07 Å². The van der Waals surface area contributed by atoms with Crippen molar-refractivity contribution in [1.82, 2.24) is 9.97 Å². The van der Waals surface area contributed by atoms with Gasteiger partial charge in [0.1, 0.15) is 16.8 Å². The molecular formula is C12H18ClN3O. The van der Waals surface area contributed by atoms with Crippen LogP contribution < -0.4 is 5.32 Å². The third kappa shape index (κ3) is 2.87. The molecule has 94 valence electrons. The van der Waals surface area contributed by atoms with E-state index in [1.165, 1.54) is 0 Å². The van der Waals surface area contributed by atoms with Gasteiger partial charge in [0.2, 0.25) is 0 Å². The van der Waals surface area contributed by atoms with Gasteiger partial charge in [-0.05, 0) is 12.8 Å². The van der Waals surface area contributed by atoms with Crippen LogP contribution in [0.4, 0.5) is 5.82 Å². The van der Waals surface area contributed by atoms with Crippen LogP contribution in [0.15, 0.2) is 6.07 Å². The van der Waals surface area contributed by atoms with Crippen LogP contribution in [0.3, 0.4) is 0 Å². The normalized spacial score (nSPS) is 18.3. The van der Waals surface area contributed by atoms with Crippen molar-refractivity contribution >= 4 is 17.4 Å². The van der Waals surface area contributed by atoms with E-state index in [-0.39, 0.29) is 12.1 Å². The summed E-state index contributed by atoms with van der Waals surface area (Å²) < 4.78 is 0. The molecule has 0 aromatic carbocycles. The van der Waals surface area contributed by atoms with E-state index in [0.717, 1.165) is 43.7 Å². The molecule has 5 heteroatoms. The van der Waals surface area contributed by atoms with Crippen LogP contribution in [0.25, 0.3) is 0 Å². The number of aliphatic hydroxyl groups is 1. The Balaban J connectivity index is 2.19. The van der Waals surface area contributed by atoms with Crippen molar-refractivity contribution in [2.24, 2.45) is 0 Å². The molecule has 0 aliphatic heterocycles. The Labute approximate surface area is 106 Å². The van der Waals surface area contributed by atoms with Crippen LogP contribution in [0.2, 0.25) is 5.15 Å². The average Bonchev–Trinajstić information content (AvgIpc) is 2.77. The lowest BCUT2D eigenvalue weighted by Gasteiger charge is -2.28. The largest absolute Gasteiger partial charge is 0.394 e. The number of aromatic nitrogens is 2. The first-order valence-corrected chi connectivity index (χ1v) is 6.48. The first kappa shape index (κ1) is 12.6. The van der Waals surface area contributed by atoms with Crippen molar-refractivity contribution < 1.29 is 5.11 Å². The molecule has 0 atom stereocenters. The van der Waals surface area contributed by atoms with Gasteiger partial charge in [-0.25, -0.2) is 9.97 Å². The second kappa shape index (κ2) is 5.19. The number of aliphatic hydroxyl groups excluding tert-OH is 1. The summed E-state index contributed by atoms with van der Waals surface area (Å²) in [6.07, 6.45) is 5.00. The SMILES string of the molecule is CCc1nc(Cl)cc(NC2(CO)CCCC2)n1. The lowest BCUT2D eigenvalue weighted by atomic mass is 9.99. The minimum Gasteiger partial charge on any atom is -0.394 e. The maximum Gasteiger partial charge on any atom is 0.134 e. The molecule has 4 nitrogen and oxygen atoms in total. The monoisotopic (exact) mass is 255 g/mol. The van der Waals surface area contributed by atoms with Gasteiger partial charge in [-0.15, -0.1) is 0 Å². The number of nitrogens with one attached hydrogen (secondary N) is 1. The van der Waals surface area contributed by atoms with Crippen molar-refractivity contribution in [3.8, 4) is 0 Å². The Morgan fingerprint density at radius 1 is 1.41 bits per heavy atom. The van der Waals surface area contributed by atoms with Crippen LogP contribution in [0.5, 0.6) is 0 Å². The summed E-state index contributed by atoms with van der Waals surface area (Å²) in [6.45, 7) is 2.13. The average molecular weight is 256 g/mol. The van der Waals surface area contributed by atoms with Gasteiger partial charge >= 0.3 is 0 Å². The van der Waals surface area contributed by atoms with Crippen molar-refractivity contribution in [3.05, 3.63) is 17.0 Å². The molecular weight excluding hydrogens is 238 g/mol. The molecule has 1 aliphatic carbocycles. The lowest BCUT2D eigenvalue weighted by Crippen LogP contribution is -2.39. The van der Waals surface area contributed by atoms with Gasteiger partial charge in [0.25, 0.3) is 0 Å². The maximum atomic E-state index is 9.53. The Morgan fingerprint density at radius 3 is 2.71 bits per heavy atom. The van der Waals surface area contributed by atoms with Gasteiger partial charge in [-0.1, -0.05) is 31.4 Å². The predicted octanol–water partition coefficient (Wildman–Crippen LogP) is 2.41. The molecule has 0 spiro atoms. The summed E-state index contributed by atoms with van der Waals surface area (Å²) in [7, 11) is 0. The summed E-state index contributed by atoms with van der Waals surface area (Å²) in [5.74, 6) is 1.45. The fourth-order valence-corrected chi connectivity index (χ4v) is 2.53. The zero-order chi connectivity index (χ0) is 12.3. The highest BCUT2D eigenvalue weighted by atomic mass is 35.5. The summed E-state index contributed by atoms with van der Waals surface area (Å²) in [4.78, 5) is 8.52. The molecule has 1 heterocycles. The first-order chi connectivity index (χ1) is 8.17. The highest BCUT2D eigenvalue weighted by Gasteiger charge is 2.33. The summed E-state index contributed by atoms with van der Waals surface area (Å²) in [6, 6.07) is 1.72. The molecule has 2 N–H and O–H groups in total. The molecule has 0 amide bonds. The van der Waals surface area contributed by atoms with Crippen LogP contribution in [0.1, 0.15) is 38.4 Å². The van der Waals surface area contributed by atoms with Gasteiger partial charge < -0.3 is 10.4 Å². The molecule has 1 saturated carbocycles. The van der Waals surface area contributed by atoms with Gasteiger partial charge in [0.05, 0.1) is 12.1 Å². The lowest BCUT2D eigenvalue weighted by molar-refractivity contribution is 0.214. The van der Waals surface area contributed by atoms with Gasteiger partial charge in [-0.2, -0.15) is 0 Å². The zero-order valence-corrected chi connectivity index (χ0v) is 10.8. The zero-order valence-electron chi connectivity index (χ0n) is 10.0. The van der Waals surface area contributed by atoms with Gasteiger partial charge in [0.15, 0.2) is 0 Å². The number of anilines is 1. The fourth-order valence-electron chi connectivity index (χ4n) is 2.33. The van der Waals surface area contributed by atoms with E-state index < -0.39 is 0 Å². The summed E-state index contributed by atoms with van der Waals surface area (Å²) >= 11 is 5.95. The number of hydrogen-bond acceptors (Lipinski definition) is 4. The van der Waals surface area contributed by atoms with Crippen molar-refractivity contribution in [3.63, 3.8) is 0 Å². The quantitative estimate of drug-likeness (QED) is 0.812. The van der Waals surface area contributed by atoms with Gasteiger partial charge in [-0.3, -0.25) is 0 Å². The smallest absolute Gasteiger partial charge is 0.134 e. The molecule has 1 aromatic heterocycles. The minimum absolute atomic E-state index is 0.135. The van der Waals surface area contributed by atoms with Crippen molar-refractivity contribution in [2.75, 3.05) is 11.9 Å². The molecule has 17 heavy (non-hydrogen) atoms. The summed E-state index contributed by atoms with van der Waals surface area (Å²) in [5, 5.41) is 13.3. The van der Waals surface area contributed by atoms with E-state index >= 15 is 0 Å². The maximum absolute atomic E-state index is 9.53. The Bertz CT molecular complexity index is 391. The Hall–Kier alpha value is -0.870. The number of nitrogens with zero attached hydrogens (tertiary/aromatic N) is 2.